The summed E-state index contributed by atoms with van der Waals surface area (Å²) in [6.07, 6.45) is 2.98. The Balaban J connectivity index is 1.44. The van der Waals surface area contributed by atoms with Crippen LogP contribution in [-0.2, 0) is 16.8 Å². The molecule has 2 fully saturated rings. The SMILES string of the molecule is CC[C@H](CCl)C1C[C@H](c2ccccc2)CCN1C(=O)[C@@H]1CNC[C@]12CNCc1nc(NC)sc12. The number of hydrogen-bond acceptors (Lipinski definition) is 6. The van der Waals surface area contributed by atoms with E-state index in [1.165, 1.54) is 10.4 Å². The van der Waals surface area contributed by atoms with Gasteiger partial charge in [-0.1, -0.05) is 43.7 Å². The van der Waals surface area contributed by atoms with Crippen LogP contribution < -0.4 is 16.0 Å². The lowest BCUT2D eigenvalue weighted by Crippen LogP contribution is -2.57. The molecule has 0 bridgehead atoms. The van der Waals surface area contributed by atoms with Crippen molar-refractivity contribution < 1.29 is 4.79 Å². The summed E-state index contributed by atoms with van der Waals surface area (Å²) in [6.45, 7) is 6.11. The van der Waals surface area contributed by atoms with Crippen LogP contribution in [0.2, 0.25) is 0 Å². The van der Waals surface area contributed by atoms with E-state index in [9.17, 15) is 4.79 Å². The number of halogens is 1. The number of nitrogens with zero attached hydrogens (tertiary/aromatic N) is 2. The first-order valence-electron chi connectivity index (χ1n) is 12.6. The average Bonchev–Trinajstić information content (AvgIpc) is 3.50. The summed E-state index contributed by atoms with van der Waals surface area (Å²) in [6, 6.07) is 11.0. The molecule has 0 saturated carbocycles. The van der Waals surface area contributed by atoms with Crippen molar-refractivity contribution in [1.82, 2.24) is 20.5 Å². The van der Waals surface area contributed by atoms with Gasteiger partial charge in [0.15, 0.2) is 5.13 Å². The van der Waals surface area contributed by atoms with Gasteiger partial charge in [-0.2, -0.15) is 0 Å². The van der Waals surface area contributed by atoms with Crippen molar-refractivity contribution in [2.24, 2.45) is 11.8 Å². The second kappa shape index (κ2) is 10.1. The van der Waals surface area contributed by atoms with Gasteiger partial charge in [0.2, 0.25) is 5.91 Å². The van der Waals surface area contributed by atoms with Crippen LogP contribution in [-0.4, -0.2) is 60.9 Å². The second-order valence-electron chi connectivity index (χ2n) is 10.0. The molecule has 2 aromatic rings. The minimum absolute atomic E-state index is 0.0900. The van der Waals surface area contributed by atoms with E-state index >= 15 is 0 Å². The standard InChI is InChI=1S/C26H36ClN5OS/c1-3-17(12-27)22-11-19(18-7-5-4-6-8-18)9-10-32(22)24(33)20-13-29-15-26(20)16-30-14-21-23(26)34-25(28-2)31-21/h4-8,17,19-20,22,29-30H,3,9-16H2,1-2H3,(H,28,31)/t17-,19-,20+,22?,26+/m1/s1. The molecule has 0 aliphatic carbocycles. The lowest BCUT2D eigenvalue weighted by Gasteiger charge is -2.46. The van der Waals surface area contributed by atoms with E-state index in [-0.39, 0.29) is 17.4 Å². The molecule has 1 spiro atoms. The molecule has 3 N–H and O–H groups in total. The number of amides is 1. The van der Waals surface area contributed by atoms with E-state index in [4.69, 9.17) is 16.6 Å². The number of benzene rings is 1. The van der Waals surface area contributed by atoms with E-state index in [0.717, 1.165) is 62.8 Å². The first-order chi connectivity index (χ1) is 16.6. The molecule has 8 heteroatoms. The summed E-state index contributed by atoms with van der Waals surface area (Å²) in [7, 11) is 1.92. The number of thiazole rings is 1. The quantitative estimate of drug-likeness (QED) is 0.525. The maximum atomic E-state index is 14.3. The summed E-state index contributed by atoms with van der Waals surface area (Å²) in [5.74, 6) is 1.58. The number of alkyl halides is 1. The molecule has 6 nitrogen and oxygen atoms in total. The van der Waals surface area contributed by atoms with Gasteiger partial charge < -0.3 is 20.9 Å². The van der Waals surface area contributed by atoms with E-state index in [0.29, 0.717) is 23.6 Å². The lowest BCUT2D eigenvalue weighted by molar-refractivity contribution is -0.142. The Morgan fingerprint density at radius 2 is 2.12 bits per heavy atom. The van der Waals surface area contributed by atoms with Crippen molar-refractivity contribution in [2.45, 2.75) is 50.1 Å². The number of aromatic nitrogens is 1. The van der Waals surface area contributed by atoms with Crippen LogP contribution >= 0.6 is 22.9 Å². The molecule has 1 unspecified atom stereocenters. The molecule has 4 heterocycles. The highest BCUT2D eigenvalue weighted by atomic mass is 35.5. The lowest BCUT2D eigenvalue weighted by atomic mass is 9.72. The first-order valence-corrected chi connectivity index (χ1v) is 14.0. The number of carbonyl (C=O) groups excluding carboxylic acids is 1. The fourth-order valence-electron chi connectivity index (χ4n) is 6.39. The summed E-state index contributed by atoms with van der Waals surface area (Å²) in [5, 5.41) is 11.3. The van der Waals surface area contributed by atoms with Gasteiger partial charge >= 0.3 is 0 Å². The van der Waals surface area contributed by atoms with Crippen molar-refractivity contribution in [3.05, 3.63) is 46.5 Å². The van der Waals surface area contributed by atoms with E-state index < -0.39 is 0 Å². The van der Waals surface area contributed by atoms with Crippen LogP contribution in [0, 0.1) is 11.8 Å². The molecule has 1 aromatic heterocycles. The van der Waals surface area contributed by atoms with Crippen molar-refractivity contribution in [2.75, 3.05) is 44.4 Å². The third kappa shape index (κ3) is 4.15. The maximum absolute atomic E-state index is 14.3. The Kier molecular flexibility index (Phi) is 7.17. The van der Waals surface area contributed by atoms with Crippen molar-refractivity contribution >= 4 is 34.0 Å². The molecule has 0 radical (unpaired) electrons. The normalized spacial score (nSPS) is 29.7. The Bertz CT molecular complexity index is 996. The Morgan fingerprint density at radius 1 is 1.32 bits per heavy atom. The van der Waals surface area contributed by atoms with Gasteiger partial charge in [-0.05, 0) is 30.2 Å². The summed E-state index contributed by atoms with van der Waals surface area (Å²) in [5.41, 5.74) is 2.24. The van der Waals surface area contributed by atoms with Crippen LogP contribution in [0.4, 0.5) is 5.13 Å². The fraction of sp³-hybridized carbons (Fsp3) is 0.615. The van der Waals surface area contributed by atoms with Crippen molar-refractivity contribution in [3.63, 3.8) is 0 Å². The van der Waals surface area contributed by atoms with E-state index in [2.05, 4.69) is 58.1 Å². The number of hydrogen-bond donors (Lipinski definition) is 3. The highest BCUT2D eigenvalue weighted by Crippen LogP contribution is 2.45. The maximum Gasteiger partial charge on any atom is 0.228 e. The predicted molar refractivity (Wildman–Crippen MR) is 140 cm³/mol. The Morgan fingerprint density at radius 3 is 2.85 bits per heavy atom. The smallest absolute Gasteiger partial charge is 0.228 e. The molecule has 184 valence electrons. The van der Waals surface area contributed by atoms with Crippen LogP contribution in [0.15, 0.2) is 30.3 Å². The first kappa shape index (κ1) is 24.0. The molecule has 34 heavy (non-hydrogen) atoms. The monoisotopic (exact) mass is 501 g/mol. The minimum Gasteiger partial charge on any atom is -0.365 e. The molecular weight excluding hydrogens is 466 g/mol. The van der Waals surface area contributed by atoms with Crippen molar-refractivity contribution in [3.8, 4) is 0 Å². The highest BCUT2D eigenvalue weighted by Gasteiger charge is 2.54. The van der Waals surface area contributed by atoms with Gasteiger partial charge in [0, 0.05) is 62.0 Å². The Hall–Kier alpha value is -1.67. The van der Waals surface area contributed by atoms with Gasteiger partial charge in [-0.15, -0.1) is 22.9 Å². The molecule has 1 aromatic carbocycles. The number of likely N-dealkylation sites (tertiary alicyclic amines) is 1. The number of carbonyl (C=O) groups is 1. The summed E-state index contributed by atoms with van der Waals surface area (Å²) in [4.78, 5) is 22.6. The molecule has 5 atom stereocenters. The zero-order valence-electron chi connectivity index (χ0n) is 20.1. The highest BCUT2D eigenvalue weighted by molar-refractivity contribution is 7.15. The average molecular weight is 502 g/mol. The van der Waals surface area contributed by atoms with Gasteiger partial charge in [0.25, 0.3) is 0 Å². The summed E-state index contributed by atoms with van der Waals surface area (Å²) < 4.78 is 0. The number of anilines is 1. The van der Waals surface area contributed by atoms with Gasteiger partial charge in [0.05, 0.1) is 11.6 Å². The van der Waals surface area contributed by atoms with Gasteiger partial charge in [-0.25, -0.2) is 4.98 Å². The van der Waals surface area contributed by atoms with Gasteiger partial charge in [0.1, 0.15) is 0 Å². The third-order valence-corrected chi connectivity index (χ3v) is 10.0. The number of fused-ring (bicyclic) bond motifs is 2. The molecule has 3 aliphatic rings. The fourth-order valence-corrected chi connectivity index (χ4v) is 7.99. The van der Waals surface area contributed by atoms with Crippen LogP contribution in [0.3, 0.4) is 0 Å². The van der Waals surface area contributed by atoms with Crippen LogP contribution in [0.5, 0.6) is 0 Å². The third-order valence-electron chi connectivity index (χ3n) is 8.32. The minimum atomic E-state index is -0.235. The molecule has 1 amide bonds. The summed E-state index contributed by atoms with van der Waals surface area (Å²) >= 11 is 8.20. The Labute approximate surface area is 211 Å². The largest absolute Gasteiger partial charge is 0.365 e. The number of piperidine rings is 1. The molecular formula is C26H36ClN5OS. The van der Waals surface area contributed by atoms with Crippen molar-refractivity contribution in [1.29, 1.82) is 0 Å². The molecule has 5 rings (SSSR count). The molecule has 2 saturated heterocycles. The van der Waals surface area contributed by atoms with E-state index in [1.807, 2.05) is 7.05 Å². The number of nitrogens with one attached hydrogen (secondary N) is 3. The van der Waals surface area contributed by atoms with Crippen LogP contribution in [0.25, 0.3) is 0 Å². The van der Waals surface area contributed by atoms with Crippen LogP contribution in [0.1, 0.15) is 48.2 Å². The second-order valence-corrected chi connectivity index (χ2v) is 11.3. The topological polar surface area (TPSA) is 69.3 Å². The number of rotatable bonds is 6. The predicted octanol–water partition coefficient (Wildman–Crippen LogP) is 3.79. The zero-order valence-corrected chi connectivity index (χ0v) is 21.7. The zero-order chi connectivity index (χ0) is 23.7. The van der Waals surface area contributed by atoms with E-state index in [1.54, 1.807) is 11.3 Å². The molecule has 3 aliphatic heterocycles. The van der Waals surface area contributed by atoms with Gasteiger partial charge in [-0.3, -0.25) is 4.79 Å².